The van der Waals surface area contributed by atoms with Crippen molar-refractivity contribution in [2.75, 3.05) is 33.0 Å². The zero-order valence-corrected chi connectivity index (χ0v) is 13.3. The molecule has 21 heavy (non-hydrogen) atoms. The minimum absolute atomic E-state index is 0.159. The number of rotatable bonds is 5. The molecule has 1 aliphatic rings. The zero-order valence-electron chi connectivity index (χ0n) is 12.5. The molecule has 0 spiro atoms. The normalized spacial score (nSPS) is 20.4. The van der Waals surface area contributed by atoms with E-state index in [9.17, 15) is 8.42 Å². The smallest absolute Gasteiger partial charge is 0.240 e. The Kier molecular flexibility index (Phi) is 5.08. The number of nitrogens with two attached hydrogens (primary N) is 1. The molecule has 2 rings (SSSR count). The van der Waals surface area contributed by atoms with E-state index in [4.69, 9.17) is 10.5 Å². The number of likely N-dealkylation sites (tertiary alicyclic amines) is 1. The highest BCUT2D eigenvalue weighted by Gasteiger charge is 2.20. The fourth-order valence-electron chi connectivity index (χ4n) is 2.47. The molecule has 1 atom stereocenters. The predicted molar refractivity (Wildman–Crippen MR) is 82.9 cm³/mol. The molecule has 1 fully saturated rings. The van der Waals surface area contributed by atoms with Gasteiger partial charge < -0.3 is 15.4 Å². The van der Waals surface area contributed by atoms with Gasteiger partial charge in [-0.25, -0.2) is 13.1 Å². The Balaban J connectivity index is 2.10. The van der Waals surface area contributed by atoms with Gasteiger partial charge in [-0.15, -0.1) is 0 Å². The van der Waals surface area contributed by atoms with Crippen LogP contribution in [0.2, 0.25) is 0 Å². The largest absolute Gasteiger partial charge is 0.490 e. The van der Waals surface area contributed by atoms with E-state index in [1.54, 1.807) is 6.07 Å². The fourth-order valence-corrected chi connectivity index (χ4v) is 3.21. The molecule has 1 aromatic rings. The van der Waals surface area contributed by atoms with Gasteiger partial charge in [0.25, 0.3) is 0 Å². The summed E-state index contributed by atoms with van der Waals surface area (Å²) in [4.78, 5) is 2.43. The van der Waals surface area contributed by atoms with Gasteiger partial charge in [0.05, 0.1) is 10.6 Å². The summed E-state index contributed by atoms with van der Waals surface area (Å²) >= 11 is 0. The van der Waals surface area contributed by atoms with Gasteiger partial charge in [-0.2, -0.15) is 0 Å². The molecule has 3 N–H and O–H groups in total. The van der Waals surface area contributed by atoms with Gasteiger partial charge in [-0.3, -0.25) is 0 Å². The lowest BCUT2D eigenvalue weighted by Gasteiger charge is -2.32. The Hall–Kier alpha value is -1.31. The summed E-state index contributed by atoms with van der Waals surface area (Å²) in [5.74, 6) is 0.422. The lowest BCUT2D eigenvalue weighted by molar-refractivity contribution is 0.125. The number of anilines is 1. The Labute approximate surface area is 126 Å². The number of ether oxygens (including phenoxy) is 1. The van der Waals surface area contributed by atoms with Crippen LogP contribution in [0.1, 0.15) is 19.3 Å². The van der Waals surface area contributed by atoms with Crippen molar-refractivity contribution in [2.24, 2.45) is 0 Å². The van der Waals surface area contributed by atoms with E-state index in [1.165, 1.54) is 32.0 Å². The van der Waals surface area contributed by atoms with Crippen LogP contribution in [0.25, 0.3) is 0 Å². The molecule has 0 radical (unpaired) electrons. The van der Waals surface area contributed by atoms with Crippen LogP contribution in [-0.2, 0) is 10.0 Å². The minimum Gasteiger partial charge on any atom is -0.490 e. The molecule has 1 heterocycles. The number of nitrogen functional groups attached to an aromatic ring is 1. The summed E-state index contributed by atoms with van der Waals surface area (Å²) in [6, 6.07) is 4.86. The van der Waals surface area contributed by atoms with Crippen molar-refractivity contribution in [1.82, 2.24) is 9.62 Å². The van der Waals surface area contributed by atoms with Gasteiger partial charge in [0.1, 0.15) is 12.4 Å². The van der Waals surface area contributed by atoms with Crippen molar-refractivity contribution in [3.05, 3.63) is 18.2 Å². The van der Waals surface area contributed by atoms with E-state index in [2.05, 4.69) is 16.7 Å². The standard InChI is InChI=1S/C14H23N3O3S/c1-16-21(18,19)12-6-7-13(15)14(9-12)20-10-11-5-3-4-8-17(11)2/h6-7,9,11,16H,3-5,8,10,15H2,1-2H3. The number of piperidine rings is 1. The second-order valence-electron chi connectivity index (χ2n) is 5.35. The molecule has 0 aliphatic carbocycles. The SMILES string of the molecule is CNS(=O)(=O)c1ccc(N)c(OCC2CCCCN2C)c1. The van der Waals surface area contributed by atoms with E-state index in [0.29, 0.717) is 24.1 Å². The average molecular weight is 313 g/mol. The molecule has 0 aromatic heterocycles. The molecule has 7 heteroatoms. The Morgan fingerprint density at radius 3 is 2.86 bits per heavy atom. The monoisotopic (exact) mass is 313 g/mol. The number of nitrogens with one attached hydrogen (secondary N) is 1. The highest BCUT2D eigenvalue weighted by Crippen LogP contribution is 2.26. The minimum atomic E-state index is -3.49. The molecule has 6 nitrogen and oxygen atoms in total. The molecule has 1 unspecified atom stereocenters. The first-order chi connectivity index (χ1) is 9.94. The summed E-state index contributed by atoms with van der Waals surface area (Å²) in [6.45, 7) is 1.58. The van der Waals surface area contributed by atoms with E-state index >= 15 is 0 Å². The van der Waals surface area contributed by atoms with E-state index in [1.807, 2.05) is 0 Å². The molecular formula is C14H23N3O3S. The topological polar surface area (TPSA) is 84.7 Å². The number of hydrogen-bond donors (Lipinski definition) is 2. The second-order valence-corrected chi connectivity index (χ2v) is 7.23. The fraction of sp³-hybridized carbons (Fsp3) is 0.571. The van der Waals surface area contributed by atoms with Crippen molar-refractivity contribution in [3.63, 3.8) is 0 Å². The second kappa shape index (κ2) is 6.64. The van der Waals surface area contributed by atoms with Crippen LogP contribution in [-0.4, -0.2) is 46.6 Å². The first kappa shape index (κ1) is 16.1. The average Bonchev–Trinajstić information content (AvgIpc) is 2.47. The quantitative estimate of drug-likeness (QED) is 0.794. The van der Waals surface area contributed by atoms with Gasteiger partial charge in [0.2, 0.25) is 10.0 Å². The van der Waals surface area contributed by atoms with Crippen LogP contribution in [0, 0.1) is 0 Å². The zero-order chi connectivity index (χ0) is 15.5. The lowest BCUT2D eigenvalue weighted by Crippen LogP contribution is -2.40. The van der Waals surface area contributed by atoms with E-state index < -0.39 is 10.0 Å². The maximum absolute atomic E-state index is 11.8. The van der Waals surface area contributed by atoms with Crippen molar-refractivity contribution in [2.45, 2.75) is 30.2 Å². The molecule has 1 aromatic carbocycles. The third-order valence-corrected chi connectivity index (χ3v) is 5.33. The number of likely N-dealkylation sites (N-methyl/N-ethyl adjacent to an activating group) is 1. The van der Waals surface area contributed by atoms with Crippen molar-refractivity contribution < 1.29 is 13.2 Å². The summed E-state index contributed by atoms with van der Waals surface area (Å²) in [5.41, 5.74) is 6.32. The van der Waals surface area contributed by atoms with Gasteiger partial charge in [-0.1, -0.05) is 6.42 Å². The van der Waals surface area contributed by atoms with Gasteiger partial charge >= 0.3 is 0 Å². The third-order valence-electron chi connectivity index (χ3n) is 3.92. The van der Waals surface area contributed by atoms with Crippen LogP contribution in [0.4, 0.5) is 5.69 Å². The van der Waals surface area contributed by atoms with Crippen molar-refractivity contribution >= 4 is 15.7 Å². The van der Waals surface area contributed by atoms with Crippen LogP contribution in [0.5, 0.6) is 5.75 Å². The van der Waals surface area contributed by atoms with Crippen molar-refractivity contribution in [1.29, 1.82) is 0 Å². The van der Waals surface area contributed by atoms with Gasteiger partial charge in [-0.05, 0) is 45.6 Å². The third kappa shape index (κ3) is 3.87. The molecule has 1 saturated heterocycles. The van der Waals surface area contributed by atoms with Crippen LogP contribution >= 0.6 is 0 Å². The molecule has 0 amide bonds. The van der Waals surface area contributed by atoms with Gasteiger partial charge in [0, 0.05) is 12.1 Å². The first-order valence-corrected chi connectivity index (χ1v) is 8.58. The van der Waals surface area contributed by atoms with E-state index in [0.717, 1.165) is 13.0 Å². The van der Waals surface area contributed by atoms with E-state index in [-0.39, 0.29) is 4.90 Å². The number of hydrogen-bond acceptors (Lipinski definition) is 5. The molecule has 0 saturated carbocycles. The maximum Gasteiger partial charge on any atom is 0.240 e. The Bertz CT molecular complexity index is 589. The number of nitrogens with zero attached hydrogens (tertiary/aromatic N) is 1. The predicted octanol–water partition coefficient (Wildman–Crippen LogP) is 1.04. The molecular weight excluding hydrogens is 290 g/mol. The Morgan fingerprint density at radius 1 is 1.43 bits per heavy atom. The van der Waals surface area contributed by atoms with Crippen LogP contribution in [0.3, 0.4) is 0 Å². The number of benzene rings is 1. The Morgan fingerprint density at radius 2 is 2.19 bits per heavy atom. The summed E-state index contributed by atoms with van der Waals surface area (Å²) < 4.78 is 31.7. The molecule has 118 valence electrons. The molecule has 0 bridgehead atoms. The maximum atomic E-state index is 11.8. The highest BCUT2D eigenvalue weighted by molar-refractivity contribution is 7.89. The summed E-state index contributed by atoms with van der Waals surface area (Å²) in [7, 11) is -0.0274. The highest BCUT2D eigenvalue weighted by atomic mass is 32.2. The summed E-state index contributed by atoms with van der Waals surface area (Å²) in [5, 5.41) is 0. The van der Waals surface area contributed by atoms with Crippen molar-refractivity contribution in [3.8, 4) is 5.75 Å². The van der Waals surface area contributed by atoms with Crippen LogP contribution in [0.15, 0.2) is 23.1 Å². The number of sulfonamides is 1. The van der Waals surface area contributed by atoms with Crippen LogP contribution < -0.4 is 15.2 Å². The summed E-state index contributed by atoms with van der Waals surface area (Å²) in [6.07, 6.45) is 3.50. The molecule has 1 aliphatic heterocycles. The van der Waals surface area contributed by atoms with Gasteiger partial charge in [0.15, 0.2) is 0 Å². The lowest BCUT2D eigenvalue weighted by atomic mass is 10.0. The first-order valence-electron chi connectivity index (χ1n) is 7.10.